The number of nitrogens with one attached hydrogen (secondary N) is 1. The van der Waals surface area contributed by atoms with Gasteiger partial charge in [-0.2, -0.15) is 0 Å². The van der Waals surface area contributed by atoms with E-state index in [0.717, 1.165) is 49.7 Å². The third-order valence-corrected chi connectivity index (χ3v) is 6.23. The molecule has 3 atom stereocenters. The number of aromatic nitrogens is 1. The highest BCUT2D eigenvalue weighted by Crippen LogP contribution is 2.35. The molecule has 2 heterocycles. The van der Waals surface area contributed by atoms with Crippen molar-refractivity contribution in [3.05, 3.63) is 35.5 Å². The minimum absolute atomic E-state index is 0.212. The van der Waals surface area contributed by atoms with Crippen LogP contribution in [0.4, 0.5) is 0 Å². The molecule has 1 saturated heterocycles. The number of carbonyl (C=O) groups excluding carboxylic acids is 1. The Balaban J connectivity index is 1.53. The summed E-state index contributed by atoms with van der Waals surface area (Å²) >= 11 is 0. The first-order valence-corrected chi connectivity index (χ1v) is 9.68. The number of aliphatic hydroxyl groups is 1. The number of hydrogen-bond donors (Lipinski definition) is 2. The summed E-state index contributed by atoms with van der Waals surface area (Å²) in [7, 11) is 0. The van der Waals surface area contributed by atoms with E-state index in [9.17, 15) is 9.90 Å². The molecule has 1 aliphatic carbocycles. The van der Waals surface area contributed by atoms with Gasteiger partial charge >= 0.3 is 0 Å². The Morgan fingerprint density at radius 3 is 2.92 bits per heavy atom. The number of aryl methyl sites for hydroxylation is 1. The smallest absolute Gasteiger partial charge is 0.227 e. The second kappa shape index (κ2) is 6.83. The first-order chi connectivity index (χ1) is 12.1. The molecular weight excluding hydrogens is 312 g/mol. The molecule has 1 aromatic carbocycles. The Kier molecular flexibility index (Phi) is 4.55. The molecule has 25 heavy (non-hydrogen) atoms. The Morgan fingerprint density at radius 1 is 1.24 bits per heavy atom. The van der Waals surface area contributed by atoms with E-state index in [1.54, 1.807) is 0 Å². The van der Waals surface area contributed by atoms with Crippen LogP contribution in [0.5, 0.6) is 0 Å². The van der Waals surface area contributed by atoms with Gasteiger partial charge in [0.25, 0.3) is 0 Å². The fourth-order valence-corrected chi connectivity index (χ4v) is 4.99. The lowest BCUT2D eigenvalue weighted by molar-refractivity contribution is -0.133. The summed E-state index contributed by atoms with van der Waals surface area (Å²) in [6.45, 7) is 2.94. The number of aromatic amines is 1. The van der Waals surface area contributed by atoms with Gasteiger partial charge in [-0.1, -0.05) is 25.0 Å². The molecule has 1 saturated carbocycles. The molecule has 0 spiro atoms. The summed E-state index contributed by atoms with van der Waals surface area (Å²) < 4.78 is 0. The normalized spacial score (nSPS) is 27.1. The van der Waals surface area contributed by atoms with Gasteiger partial charge in [0.15, 0.2) is 0 Å². The molecule has 134 valence electrons. The molecule has 4 heteroatoms. The van der Waals surface area contributed by atoms with Crippen molar-refractivity contribution in [3.8, 4) is 0 Å². The number of benzene rings is 1. The van der Waals surface area contributed by atoms with Crippen molar-refractivity contribution < 1.29 is 9.90 Å². The van der Waals surface area contributed by atoms with Crippen LogP contribution < -0.4 is 0 Å². The Morgan fingerprint density at radius 2 is 2.08 bits per heavy atom. The van der Waals surface area contributed by atoms with Gasteiger partial charge in [-0.15, -0.1) is 0 Å². The summed E-state index contributed by atoms with van der Waals surface area (Å²) in [6, 6.07) is 6.43. The molecule has 0 unspecified atom stereocenters. The number of H-pyrrole nitrogens is 1. The number of hydrogen-bond acceptors (Lipinski definition) is 2. The van der Waals surface area contributed by atoms with E-state index in [1.165, 1.54) is 17.4 Å². The monoisotopic (exact) mass is 340 g/mol. The van der Waals surface area contributed by atoms with Gasteiger partial charge in [0.05, 0.1) is 12.5 Å². The van der Waals surface area contributed by atoms with Gasteiger partial charge in [-0.25, -0.2) is 0 Å². The van der Waals surface area contributed by atoms with Crippen molar-refractivity contribution in [1.29, 1.82) is 0 Å². The molecule has 1 aliphatic heterocycles. The van der Waals surface area contributed by atoms with Gasteiger partial charge in [-0.3, -0.25) is 4.79 Å². The summed E-state index contributed by atoms with van der Waals surface area (Å²) in [5.41, 5.74) is 3.40. The lowest BCUT2D eigenvalue weighted by atomic mass is 9.80. The third kappa shape index (κ3) is 3.08. The highest BCUT2D eigenvalue weighted by Gasteiger charge is 2.38. The zero-order valence-electron chi connectivity index (χ0n) is 15.0. The number of aliphatic hydroxyl groups excluding tert-OH is 1. The van der Waals surface area contributed by atoms with Crippen molar-refractivity contribution in [2.75, 3.05) is 6.54 Å². The fraction of sp³-hybridized carbons (Fsp3) is 0.571. The van der Waals surface area contributed by atoms with E-state index >= 15 is 0 Å². The molecule has 0 radical (unpaired) electrons. The van der Waals surface area contributed by atoms with Crippen molar-refractivity contribution in [2.24, 2.45) is 5.92 Å². The fourth-order valence-electron chi connectivity index (χ4n) is 4.99. The van der Waals surface area contributed by atoms with Gasteiger partial charge in [0.2, 0.25) is 5.91 Å². The highest BCUT2D eigenvalue weighted by atomic mass is 16.3. The minimum atomic E-state index is -0.234. The average Bonchev–Trinajstić information content (AvgIpc) is 3.23. The summed E-state index contributed by atoms with van der Waals surface area (Å²) in [4.78, 5) is 18.4. The van der Waals surface area contributed by atoms with Crippen molar-refractivity contribution >= 4 is 16.8 Å². The van der Waals surface area contributed by atoms with Crippen LogP contribution in [0.1, 0.15) is 49.7 Å². The third-order valence-electron chi connectivity index (χ3n) is 6.23. The molecule has 2 aliphatic rings. The molecule has 2 N–H and O–H groups in total. The molecular formula is C21H28N2O2. The zero-order valence-corrected chi connectivity index (χ0v) is 15.0. The largest absolute Gasteiger partial charge is 0.393 e. The maximum absolute atomic E-state index is 13.1. The second-order valence-corrected chi connectivity index (χ2v) is 7.80. The standard InChI is InChI=1S/C21H28N2O2/c1-14-6-4-8-17-21(14)15(13-22-17)12-20(25)23-11-5-9-18(23)16-7-2-3-10-19(16)24/h4,6,8,13,16,18-19,22,24H,2-3,5,7,9-12H2,1H3/t16-,18-,19+/m1/s1. The van der Waals surface area contributed by atoms with E-state index in [2.05, 4.69) is 28.9 Å². The maximum atomic E-state index is 13.1. The lowest BCUT2D eigenvalue weighted by Crippen LogP contribution is -2.45. The maximum Gasteiger partial charge on any atom is 0.227 e. The average molecular weight is 340 g/mol. The van der Waals surface area contributed by atoms with E-state index in [4.69, 9.17) is 0 Å². The molecule has 1 amide bonds. The van der Waals surface area contributed by atoms with Crippen molar-refractivity contribution in [3.63, 3.8) is 0 Å². The number of rotatable bonds is 3. The van der Waals surface area contributed by atoms with E-state index in [0.29, 0.717) is 6.42 Å². The molecule has 2 fully saturated rings. The van der Waals surface area contributed by atoms with Gasteiger partial charge < -0.3 is 15.0 Å². The predicted octanol–water partition coefficient (Wildman–Crippen LogP) is 3.56. The summed E-state index contributed by atoms with van der Waals surface area (Å²) in [5, 5.41) is 11.6. The summed E-state index contributed by atoms with van der Waals surface area (Å²) in [6.07, 6.45) is 8.55. The molecule has 0 bridgehead atoms. The summed E-state index contributed by atoms with van der Waals surface area (Å²) in [5.74, 6) is 0.481. The number of nitrogens with zero attached hydrogens (tertiary/aromatic N) is 1. The first kappa shape index (κ1) is 16.6. The quantitative estimate of drug-likeness (QED) is 0.897. The number of likely N-dealkylation sites (tertiary alicyclic amines) is 1. The predicted molar refractivity (Wildman–Crippen MR) is 99.4 cm³/mol. The van der Waals surface area contributed by atoms with Gasteiger partial charge in [-0.05, 0) is 49.8 Å². The molecule has 2 aromatic rings. The van der Waals surface area contributed by atoms with E-state index < -0.39 is 0 Å². The van der Waals surface area contributed by atoms with Crippen LogP contribution in [-0.2, 0) is 11.2 Å². The zero-order chi connectivity index (χ0) is 17.4. The first-order valence-electron chi connectivity index (χ1n) is 9.68. The van der Waals surface area contributed by atoms with Crippen LogP contribution in [0.2, 0.25) is 0 Å². The Hall–Kier alpha value is -1.81. The van der Waals surface area contributed by atoms with Crippen molar-refractivity contribution in [1.82, 2.24) is 9.88 Å². The van der Waals surface area contributed by atoms with Gasteiger partial charge in [0, 0.05) is 35.6 Å². The van der Waals surface area contributed by atoms with Crippen molar-refractivity contribution in [2.45, 2.75) is 64.0 Å². The Labute approximate surface area is 149 Å². The van der Waals surface area contributed by atoms with Crippen LogP contribution in [0, 0.1) is 12.8 Å². The second-order valence-electron chi connectivity index (χ2n) is 7.80. The topological polar surface area (TPSA) is 56.3 Å². The lowest BCUT2D eigenvalue weighted by Gasteiger charge is -2.37. The van der Waals surface area contributed by atoms with Crippen LogP contribution in [0.15, 0.2) is 24.4 Å². The van der Waals surface area contributed by atoms with Crippen LogP contribution in [-0.4, -0.2) is 39.6 Å². The van der Waals surface area contributed by atoms with E-state index in [-0.39, 0.29) is 24.0 Å². The number of carbonyl (C=O) groups is 1. The van der Waals surface area contributed by atoms with Crippen LogP contribution in [0.25, 0.3) is 10.9 Å². The van der Waals surface area contributed by atoms with E-state index in [1.807, 2.05) is 12.3 Å². The van der Waals surface area contributed by atoms with Gasteiger partial charge in [0.1, 0.15) is 0 Å². The SMILES string of the molecule is Cc1cccc2[nH]cc(CC(=O)N3CCC[C@@H]3[C@H]3CCCC[C@@H]3O)c12. The van der Waals surface area contributed by atoms with Crippen LogP contribution >= 0.6 is 0 Å². The number of fused-ring (bicyclic) bond motifs is 1. The molecule has 4 rings (SSSR count). The number of amides is 1. The van der Waals surface area contributed by atoms with Crippen LogP contribution in [0.3, 0.4) is 0 Å². The minimum Gasteiger partial charge on any atom is -0.393 e. The molecule has 4 nitrogen and oxygen atoms in total. The highest BCUT2D eigenvalue weighted by molar-refractivity contribution is 5.91. The molecule has 1 aromatic heterocycles. The Bertz CT molecular complexity index is 766.